The predicted molar refractivity (Wildman–Crippen MR) is 129 cm³/mol. The van der Waals surface area contributed by atoms with Crippen LogP contribution in [0.5, 0.6) is 28.7 Å². The third-order valence-corrected chi connectivity index (χ3v) is 5.80. The van der Waals surface area contributed by atoms with E-state index >= 15 is 0 Å². The van der Waals surface area contributed by atoms with Gasteiger partial charge in [0.25, 0.3) is 0 Å². The molecule has 34 heavy (non-hydrogen) atoms. The molecule has 1 aliphatic rings. The molecule has 0 saturated carbocycles. The Bertz CT molecular complexity index is 1300. The number of benzene rings is 3. The monoisotopic (exact) mass is 524 g/mol. The first-order valence-electron chi connectivity index (χ1n) is 10.2. The number of carbonyl (C=O) groups is 2. The molecule has 0 N–H and O–H groups in total. The molecule has 0 atom stereocenters. The van der Waals surface area contributed by atoms with Gasteiger partial charge >= 0.3 is 5.97 Å². The molecule has 1 heterocycles. The summed E-state index contributed by atoms with van der Waals surface area (Å²) in [5, 5.41) is 0. The van der Waals surface area contributed by atoms with Crippen LogP contribution in [0.1, 0.15) is 31.8 Å². The van der Waals surface area contributed by atoms with Gasteiger partial charge in [0, 0.05) is 21.7 Å². The molecule has 174 valence electrons. The van der Waals surface area contributed by atoms with Crippen LogP contribution in [0.25, 0.3) is 6.08 Å². The minimum Gasteiger partial charge on any atom is -0.497 e. The number of halogens is 1. The molecule has 3 aromatic carbocycles. The first kappa shape index (κ1) is 23.4. The van der Waals surface area contributed by atoms with Gasteiger partial charge < -0.3 is 23.7 Å². The van der Waals surface area contributed by atoms with Gasteiger partial charge in [-0.25, -0.2) is 4.79 Å². The fourth-order valence-corrected chi connectivity index (χ4v) is 3.90. The predicted octanol–water partition coefficient (Wildman–Crippen LogP) is 5.62. The molecule has 0 fully saturated rings. The van der Waals surface area contributed by atoms with E-state index in [0.29, 0.717) is 39.7 Å². The van der Waals surface area contributed by atoms with Crippen molar-refractivity contribution in [1.29, 1.82) is 0 Å². The fraction of sp³-hybridized carbons (Fsp3) is 0.154. The summed E-state index contributed by atoms with van der Waals surface area (Å²) in [4.78, 5) is 25.8. The fourth-order valence-electron chi connectivity index (χ4n) is 3.52. The molecule has 0 radical (unpaired) electrons. The van der Waals surface area contributed by atoms with Crippen molar-refractivity contribution in [3.05, 3.63) is 81.0 Å². The largest absolute Gasteiger partial charge is 0.497 e. The number of methoxy groups -OCH3 is 3. The molecule has 0 bridgehead atoms. The lowest BCUT2D eigenvalue weighted by atomic mass is 10.1. The Labute approximate surface area is 205 Å². The van der Waals surface area contributed by atoms with Crippen molar-refractivity contribution in [3.8, 4) is 28.7 Å². The molecule has 0 saturated heterocycles. The van der Waals surface area contributed by atoms with Gasteiger partial charge in [-0.3, -0.25) is 4.79 Å². The Morgan fingerprint density at radius 1 is 0.912 bits per heavy atom. The van der Waals surface area contributed by atoms with Gasteiger partial charge in [0.2, 0.25) is 5.78 Å². The van der Waals surface area contributed by atoms with Gasteiger partial charge in [0.15, 0.2) is 5.76 Å². The summed E-state index contributed by atoms with van der Waals surface area (Å²) in [5.74, 6) is 1.43. The van der Waals surface area contributed by atoms with E-state index < -0.39 is 5.97 Å². The van der Waals surface area contributed by atoms with Crippen LogP contribution >= 0.6 is 15.9 Å². The summed E-state index contributed by atoms with van der Waals surface area (Å²) in [5.41, 5.74) is 1.86. The van der Waals surface area contributed by atoms with E-state index in [4.69, 9.17) is 23.7 Å². The lowest BCUT2D eigenvalue weighted by Crippen LogP contribution is -2.10. The zero-order valence-electron chi connectivity index (χ0n) is 18.9. The van der Waals surface area contributed by atoms with E-state index in [1.807, 2.05) is 12.1 Å². The van der Waals surface area contributed by atoms with Crippen LogP contribution in [-0.4, -0.2) is 33.1 Å². The summed E-state index contributed by atoms with van der Waals surface area (Å²) in [6, 6.07) is 13.4. The van der Waals surface area contributed by atoms with E-state index in [9.17, 15) is 9.59 Å². The van der Waals surface area contributed by atoms with Crippen LogP contribution < -0.4 is 23.7 Å². The van der Waals surface area contributed by atoms with Crippen LogP contribution in [0.4, 0.5) is 0 Å². The molecule has 0 aromatic heterocycles. The van der Waals surface area contributed by atoms with Gasteiger partial charge in [0.05, 0.1) is 32.5 Å². The quantitative estimate of drug-likeness (QED) is 0.235. The number of hydrogen-bond donors (Lipinski definition) is 0. The van der Waals surface area contributed by atoms with Crippen LogP contribution in [0.15, 0.2) is 58.8 Å². The van der Waals surface area contributed by atoms with Crippen molar-refractivity contribution in [2.75, 3.05) is 21.3 Å². The van der Waals surface area contributed by atoms with E-state index in [-0.39, 0.29) is 22.9 Å². The van der Waals surface area contributed by atoms with Gasteiger partial charge in [0.1, 0.15) is 28.7 Å². The third kappa shape index (κ3) is 4.49. The maximum absolute atomic E-state index is 13.0. The second-order valence-electron chi connectivity index (χ2n) is 7.38. The van der Waals surface area contributed by atoms with Crippen LogP contribution in [0.3, 0.4) is 0 Å². The van der Waals surface area contributed by atoms with Crippen LogP contribution in [0.2, 0.25) is 0 Å². The van der Waals surface area contributed by atoms with Gasteiger partial charge in [-0.1, -0.05) is 15.9 Å². The molecule has 0 unspecified atom stereocenters. The number of hydrogen-bond acceptors (Lipinski definition) is 7. The summed E-state index contributed by atoms with van der Waals surface area (Å²) in [7, 11) is 4.55. The zero-order valence-corrected chi connectivity index (χ0v) is 20.5. The minimum atomic E-state index is -0.598. The van der Waals surface area contributed by atoms with E-state index in [2.05, 4.69) is 15.9 Å². The summed E-state index contributed by atoms with van der Waals surface area (Å²) < 4.78 is 28.2. The Morgan fingerprint density at radius 3 is 2.24 bits per heavy atom. The van der Waals surface area contributed by atoms with Gasteiger partial charge in [-0.05, 0) is 55.5 Å². The molecule has 0 aliphatic carbocycles. The second-order valence-corrected chi connectivity index (χ2v) is 8.30. The highest BCUT2D eigenvalue weighted by Crippen LogP contribution is 2.40. The average Bonchev–Trinajstić information content (AvgIpc) is 3.16. The number of carbonyl (C=O) groups excluding carboxylic acids is 2. The number of Topliss-reactive ketones (excluding diaryl/α,β-unsaturated/α-hetero) is 1. The number of rotatable bonds is 6. The molecule has 0 spiro atoms. The van der Waals surface area contributed by atoms with E-state index in [1.165, 1.54) is 14.2 Å². The van der Waals surface area contributed by atoms with E-state index in [1.54, 1.807) is 56.5 Å². The maximum atomic E-state index is 13.0. The average molecular weight is 525 g/mol. The molecule has 1 aliphatic heterocycles. The Balaban J connectivity index is 1.63. The van der Waals surface area contributed by atoms with Crippen molar-refractivity contribution in [2.45, 2.75) is 6.92 Å². The SMILES string of the molecule is COc1cc(OC)cc(C(=O)Oc2ccc3c(c2C)O/C(=C\c2cc(Br)ccc2OC)C3=O)c1. The number of ketones is 1. The van der Waals surface area contributed by atoms with Gasteiger partial charge in [-0.2, -0.15) is 0 Å². The van der Waals surface area contributed by atoms with E-state index in [0.717, 1.165) is 4.47 Å². The molecular weight excluding hydrogens is 504 g/mol. The first-order valence-corrected chi connectivity index (χ1v) is 11.0. The standard InChI is InChI=1S/C26H21BrO7/c1-14-21(34-26(29)16-10-18(30-2)13-19(11-16)31-3)8-6-20-24(28)23(33-25(14)20)12-15-9-17(27)5-7-22(15)32-4/h5-13H,1-4H3/b23-12-. The smallest absolute Gasteiger partial charge is 0.343 e. The summed E-state index contributed by atoms with van der Waals surface area (Å²) >= 11 is 3.42. The van der Waals surface area contributed by atoms with Crippen molar-refractivity contribution in [1.82, 2.24) is 0 Å². The van der Waals surface area contributed by atoms with Crippen LogP contribution in [0, 0.1) is 6.92 Å². The van der Waals surface area contributed by atoms with Gasteiger partial charge in [-0.15, -0.1) is 0 Å². The van der Waals surface area contributed by atoms with Crippen molar-refractivity contribution < 1.29 is 33.3 Å². The highest BCUT2D eigenvalue weighted by molar-refractivity contribution is 9.10. The molecule has 0 amide bonds. The lowest BCUT2D eigenvalue weighted by molar-refractivity contribution is 0.0732. The highest BCUT2D eigenvalue weighted by Gasteiger charge is 2.31. The molecule has 4 rings (SSSR count). The normalized spacial score (nSPS) is 13.3. The van der Waals surface area contributed by atoms with Crippen LogP contribution in [-0.2, 0) is 0 Å². The molecule has 8 heteroatoms. The first-order chi connectivity index (χ1) is 16.3. The Hall–Kier alpha value is -3.78. The third-order valence-electron chi connectivity index (χ3n) is 5.30. The Morgan fingerprint density at radius 2 is 1.59 bits per heavy atom. The topological polar surface area (TPSA) is 80.3 Å². The number of ether oxygens (including phenoxy) is 5. The number of fused-ring (bicyclic) bond motifs is 1. The summed E-state index contributed by atoms with van der Waals surface area (Å²) in [6.45, 7) is 1.73. The number of esters is 1. The number of allylic oxidation sites excluding steroid dienone is 1. The van der Waals surface area contributed by atoms with Crippen molar-refractivity contribution >= 4 is 33.8 Å². The minimum absolute atomic E-state index is 0.149. The summed E-state index contributed by atoms with van der Waals surface area (Å²) in [6.07, 6.45) is 1.62. The molecule has 3 aromatic rings. The highest BCUT2D eigenvalue weighted by atomic mass is 79.9. The zero-order chi connectivity index (χ0) is 24.4. The molecule has 7 nitrogen and oxygen atoms in total. The lowest BCUT2D eigenvalue weighted by Gasteiger charge is -2.11. The molecular formula is C26H21BrO7. The van der Waals surface area contributed by atoms with Crippen molar-refractivity contribution in [3.63, 3.8) is 0 Å². The van der Waals surface area contributed by atoms with Crippen molar-refractivity contribution in [2.24, 2.45) is 0 Å². The second kappa shape index (κ2) is 9.61. The maximum Gasteiger partial charge on any atom is 0.343 e. The Kier molecular flexibility index (Phi) is 6.61.